The number of benzene rings is 1. The summed E-state index contributed by atoms with van der Waals surface area (Å²) in [6.45, 7) is -0.127. The van der Waals surface area contributed by atoms with E-state index in [0.29, 0.717) is 6.07 Å². The van der Waals surface area contributed by atoms with E-state index in [1.807, 2.05) is 4.72 Å². The molecule has 9 heteroatoms. The number of halogens is 3. The normalized spacial score (nSPS) is 11.9. The van der Waals surface area contributed by atoms with Gasteiger partial charge in [0, 0.05) is 26.3 Å². The van der Waals surface area contributed by atoms with Gasteiger partial charge in [-0.25, -0.2) is 8.78 Å². The van der Waals surface area contributed by atoms with Crippen LogP contribution in [0, 0.1) is 11.6 Å². The lowest BCUT2D eigenvalue weighted by Crippen LogP contribution is -2.34. The standard InChI is InChI=1S/C10H13ClF2N2O3S/c1-15(3-2-4-16)19(17,18)14-10-8(11)5-7(12)6-9(10)13/h5-6,14,16H,2-4H2,1H3. The van der Waals surface area contributed by atoms with E-state index in [-0.39, 0.29) is 24.6 Å². The first kappa shape index (κ1) is 16.1. The van der Waals surface area contributed by atoms with Gasteiger partial charge in [-0.15, -0.1) is 0 Å². The van der Waals surface area contributed by atoms with Gasteiger partial charge in [-0.3, -0.25) is 4.72 Å². The zero-order valence-corrected chi connectivity index (χ0v) is 11.6. The fraction of sp³-hybridized carbons (Fsp3) is 0.400. The zero-order valence-electron chi connectivity index (χ0n) is 10.0. The predicted molar refractivity (Wildman–Crippen MR) is 68.2 cm³/mol. The molecule has 0 spiro atoms. The fourth-order valence-electron chi connectivity index (χ4n) is 1.26. The highest BCUT2D eigenvalue weighted by Gasteiger charge is 2.21. The quantitative estimate of drug-likeness (QED) is 0.838. The summed E-state index contributed by atoms with van der Waals surface area (Å²) in [5.74, 6) is -2.01. The van der Waals surface area contributed by atoms with Gasteiger partial charge < -0.3 is 5.11 Å². The Bertz CT molecular complexity index is 531. The van der Waals surface area contributed by atoms with Crippen molar-refractivity contribution in [2.75, 3.05) is 24.9 Å². The molecular formula is C10H13ClF2N2O3S. The van der Waals surface area contributed by atoms with Crippen LogP contribution < -0.4 is 4.72 Å². The number of aliphatic hydroxyl groups is 1. The van der Waals surface area contributed by atoms with E-state index >= 15 is 0 Å². The van der Waals surface area contributed by atoms with Crippen LogP contribution in [0.5, 0.6) is 0 Å². The molecule has 1 aromatic carbocycles. The van der Waals surface area contributed by atoms with Crippen LogP contribution >= 0.6 is 11.6 Å². The molecule has 2 N–H and O–H groups in total. The first-order valence-corrected chi connectivity index (χ1v) is 7.09. The summed E-state index contributed by atoms with van der Waals surface area (Å²) in [5, 5.41) is 8.25. The summed E-state index contributed by atoms with van der Waals surface area (Å²) in [6.07, 6.45) is 0.233. The lowest BCUT2D eigenvalue weighted by molar-refractivity contribution is 0.276. The van der Waals surface area contributed by atoms with E-state index in [2.05, 4.69) is 0 Å². The third-order valence-corrected chi connectivity index (χ3v) is 4.04. The Morgan fingerprint density at radius 3 is 2.58 bits per heavy atom. The van der Waals surface area contributed by atoms with Crippen molar-refractivity contribution in [1.82, 2.24) is 4.31 Å². The molecule has 0 aliphatic carbocycles. The van der Waals surface area contributed by atoms with Crippen LogP contribution in [0.25, 0.3) is 0 Å². The van der Waals surface area contributed by atoms with Crippen molar-refractivity contribution in [2.24, 2.45) is 0 Å². The van der Waals surface area contributed by atoms with Crippen LogP contribution in [0.1, 0.15) is 6.42 Å². The number of anilines is 1. The molecule has 0 heterocycles. The minimum Gasteiger partial charge on any atom is -0.396 e. The highest BCUT2D eigenvalue weighted by Crippen LogP contribution is 2.27. The van der Waals surface area contributed by atoms with Crippen molar-refractivity contribution >= 4 is 27.5 Å². The number of nitrogens with one attached hydrogen (secondary N) is 1. The van der Waals surface area contributed by atoms with Crippen molar-refractivity contribution in [1.29, 1.82) is 0 Å². The van der Waals surface area contributed by atoms with Crippen molar-refractivity contribution in [3.05, 3.63) is 28.8 Å². The van der Waals surface area contributed by atoms with E-state index in [0.717, 1.165) is 10.4 Å². The van der Waals surface area contributed by atoms with Gasteiger partial charge in [-0.2, -0.15) is 12.7 Å². The first-order valence-electron chi connectivity index (χ1n) is 5.27. The average Bonchev–Trinajstić information content (AvgIpc) is 2.30. The number of hydrogen-bond donors (Lipinski definition) is 2. The predicted octanol–water partition coefficient (Wildman–Crippen LogP) is 1.59. The highest BCUT2D eigenvalue weighted by molar-refractivity contribution is 7.90. The minimum atomic E-state index is -4.02. The third-order valence-electron chi connectivity index (χ3n) is 2.28. The van der Waals surface area contributed by atoms with E-state index < -0.39 is 27.5 Å². The minimum absolute atomic E-state index is 0.0479. The second kappa shape index (κ2) is 6.47. The topological polar surface area (TPSA) is 69.6 Å². The summed E-state index contributed by atoms with van der Waals surface area (Å²) in [7, 11) is -2.76. The SMILES string of the molecule is CN(CCCO)S(=O)(=O)Nc1c(F)cc(F)cc1Cl. The fourth-order valence-corrected chi connectivity index (χ4v) is 2.55. The lowest BCUT2D eigenvalue weighted by Gasteiger charge is -2.18. The van der Waals surface area contributed by atoms with Gasteiger partial charge in [0.05, 0.1) is 5.02 Å². The number of rotatable bonds is 6. The molecule has 0 aliphatic rings. The largest absolute Gasteiger partial charge is 0.396 e. The van der Waals surface area contributed by atoms with Crippen LogP contribution in [-0.4, -0.2) is 38.0 Å². The smallest absolute Gasteiger partial charge is 0.301 e. The molecule has 0 aromatic heterocycles. The van der Waals surface area contributed by atoms with Crippen molar-refractivity contribution in [3.8, 4) is 0 Å². The van der Waals surface area contributed by atoms with Crippen LogP contribution in [0.3, 0.4) is 0 Å². The average molecular weight is 315 g/mol. The van der Waals surface area contributed by atoms with Crippen LogP contribution in [0.4, 0.5) is 14.5 Å². The molecule has 19 heavy (non-hydrogen) atoms. The molecular weight excluding hydrogens is 302 g/mol. The summed E-state index contributed by atoms with van der Waals surface area (Å²) < 4.78 is 52.7. The molecule has 0 saturated heterocycles. The molecule has 0 bridgehead atoms. The molecule has 0 amide bonds. The molecule has 0 atom stereocenters. The Morgan fingerprint density at radius 1 is 1.42 bits per heavy atom. The second-order valence-electron chi connectivity index (χ2n) is 3.75. The Hall–Kier alpha value is -0.960. The zero-order chi connectivity index (χ0) is 14.6. The molecule has 108 valence electrons. The van der Waals surface area contributed by atoms with Crippen molar-refractivity contribution < 1.29 is 22.3 Å². The second-order valence-corrected chi connectivity index (χ2v) is 5.94. The van der Waals surface area contributed by atoms with Gasteiger partial charge in [0.2, 0.25) is 0 Å². The molecule has 0 aliphatic heterocycles. The van der Waals surface area contributed by atoms with Crippen molar-refractivity contribution in [3.63, 3.8) is 0 Å². The summed E-state index contributed by atoms with van der Waals surface area (Å²) in [4.78, 5) is 0. The number of hydrogen-bond acceptors (Lipinski definition) is 3. The Kier molecular flexibility index (Phi) is 5.48. The molecule has 0 radical (unpaired) electrons. The molecule has 0 saturated carbocycles. The monoisotopic (exact) mass is 314 g/mol. The highest BCUT2D eigenvalue weighted by atomic mass is 35.5. The number of nitrogens with zero attached hydrogens (tertiary/aromatic N) is 1. The van der Waals surface area contributed by atoms with Crippen LogP contribution in [-0.2, 0) is 10.2 Å². The van der Waals surface area contributed by atoms with Gasteiger partial charge in [-0.05, 0) is 12.5 Å². The Labute approximate surface area is 115 Å². The maximum Gasteiger partial charge on any atom is 0.301 e. The summed E-state index contributed by atoms with van der Waals surface area (Å²) in [6, 6.07) is 1.33. The summed E-state index contributed by atoms with van der Waals surface area (Å²) >= 11 is 5.58. The van der Waals surface area contributed by atoms with Gasteiger partial charge in [0.1, 0.15) is 11.5 Å². The van der Waals surface area contributed by atoms with Gasteiger partial charge in [0.25, 0.3) is 0 Å². The van der Waals surface area contributed by atoms with Gasteiger partial charge >= 0.3 is 10.2 Å². The molecule has 0 fully saturated rings. The van der Waals surface area contributed by atoms with Crippen LogP contribution in [0.2, 0.25) is 5.02 Å². The molecule has 1 rings (SSSR count). The van der Waals surface area contributed by atoms with Gasteiger partial charge in [0.15, 0.2) is 5.82 Å². The van der Waals surface area contributed by atoms with E-state index in [1.54, 1.807) is 0 Å². The lowest BCUT2D eigenvalue weighted by atomic mass is 10.3. The summed E-state index contributed by atoms with van der Waals surface area (Å²) in [5.41, 5.74) is -0.515. The first-order chi connectivity index (χ1) is 8.77. The van der Waals surface area contributed by atoms with E-state index in [9.17, 15) is 17.2 Å². The maximum atomic E-state index is 13.4. The molecule has 0 unspecified atom stereocenters. The Morgan fingerprint density at radius 2 is 2.05 bits per heavy atom. The van der Waals surface area contributed by atoms with Crippen LogP contribution in [0.15, 0.2) is 12.1 Å². The molecule has 5 nitrogen and oxygen atoms in total. The Balaban J connectivity index is 2.96. The van der Waals surface area contributed by atoms with Gasteiger partial charge in [-0.1, -0.05) is 11.6 Å². The third kappa shape index (κ3) is 4.27. The number of aliphatic hydroxyl groups excluding tert-OH is 1. The molecule has 1 aromatic rings. The van der Waals surface area contributed by atoms with E-state index in [4.69, 9.17) is 16.7 Å². The maximum absolute atomic E-state index is 13.4. The van der Waals surface area contributed by atoms with Crippen molar-refractivity contribution in [2.45, 2.75) is 6.42 Å². The van der Waals surface area contributed by atoms with E-state index in [1.165, 1.54) is 7.05 Å².